The molecule has 0 saturated carbocycles. The van der Waals surface area contributed by atoms with E-state index in [0.717, 1.165) is 32.7 Å². The first-order valence-corrected chi connectivity index (χ1v) is 9.54. The lowest BCUT2D eigenvalue weighted by Gasteiger charge is -2.35. The molecule has 1 heterocycles. The van der Waals surface area contributed by atoms with Crippen LogP contribution in [0.1, 0.15) is 11.1 Å². The molecule has 2 aromatic carbocycles. The maximum absolute atomic E-state index is 13.6. The largest absolute Gasteiger partial charge is 0.339 e. The number of benzene rings is 2. The molecule has 5 heteroatoms. The van der Waals surface area contributed by atoms with Gasteiger partial charge in [-0.15, -0.1) is 11.8 Å². The summed E-state index contributed by atoms with van der Waals surface area (Å²) in [5.74, 6) is 0.116. The molecular formula is C20H23FN2OS. The third-order valence-electron chi connectivity index (χ3n) is 4.57. The van der Waals surface area contributed by atoms with Crippen LogP contribution in [0.15, 0.2) is 53.4 Å². The maximum Gasteiger partial charge on any atom is 0.233 e. The average molecular weight is 358 g/mol. The van der Waals surface area contributed by atoms with E-state index in [0.29, 0.717) is 10.6 Å². The third kappa shape index (κ3) is 4.83. The van der Waals surface area contributed by atoms with Gasteiger partial charge in [-0.2, -0.15) is 0 Å². The molecule has 2 aromatic rings. The van der Waals surface area contributed by atoms with E-state index in [2.05, 4.69) is 36.1 Å². The van der Waals surface area contributed by atoms with Crippen LogP contribution in [0.2, 0.25) is 0 Å². The zero-order valence-corrected chi connectivity index (χ0v) is 15.3. The summed E-state index contributed by atoms with van der Waals surface area (Å²) in [5.41, 5.74) is 2.65. The molecule has 0 aliphatic carbocycles. The van der Waals surface area contributed by atoms with E-state index >= 15 is 0 Å². The van der Waals surface area contributed by atoms with Crippen LogP contribution in [-0.2, 0) is 11.3 Å². The van der Waals surface area contributed by atoms with Gasteiger partial charge in [0.25, 0.3) is 0 Å². The molecule has 0 unspecified atom stereocenters. The molecule has 25 heavy (non-hydrogen) atoms. The fourth-order valence-electron chi connectivity index (χ4n) is 2.98. The van der Waals surface area contributed by atoms with Gasteiger partial charge >= 0.3 is 0 Å². The Kier molecular flexibility index (Phi) is 6.10. The highest BCUT2D eigenvalue weighted by Gasteiger charge is 2.21. The van der Waals surface area contributed by atoms with E-state index in [1.54, 1.807) is 18.2 Å². The second-order valence-corrected chi connectivity index (χ2v) is 7.32. The van der Waals surface area contributed by atoms with Crippen molar-refractivity contribution in [3.8, 4) is 0 Å². The quantitative estimate of drug-likeness (QED) is 0.764. The van der Waals surface area contributed by atoms with Crippen molar-refractivity contribution in [3.05, 3.63) is 65.5 Å². The molecule has 0 radical (unpaired) electrons. The Bertz CT molecular complexity index is 729. The Morgan fingerprint density at radius 1 is 1.04 bits per heavy atom. The lowest BCUT2D eigenvalue weighted by molar-refractivity contribution is -0.130. The van der Waals surface area contributed by atoms with E-state index in [9.17, 15) is 9.18 Å². The summed E-state index contributed by atoms with van der Waals surface area (Å²) in [4.78, 5) is 17.2. The number of amides is 1. The predicted molar refractivity (Wildman–Crippen MR) is 100 cm³/mol. The minimum absolute atomic E-state index is 0.0868. The topological polar surface area (TPSA) is 23.6 Å². The molecule has 3 nitrogen and oxygen atoms in total. The van der Waals surface area contributed by atoms with Crippen molar-refractivity contribution < 1.29 is 9.18 Å². The van der Waals surface area contributed by atoms with Gasteiger partial charge in [-0.25, -0.2) is 4.39 Å². The molecule has 1 amide bonds. The molecule has 0 spiro atoms. The van der Waals surface area contributed by atoms with E-state index in [4.69, 9.17) is 0 Å². The average Bonchev–Trinajstić information content (AvgIpc) is 2.63. The van der Waals surface area contributed by atoms with Crippen LogP contribution in [0.5, 0.6) is 0 Å². The zero-order valence-electron chi connectivity index (χ0n) is 14.5. The molecular weight excluding hydrogens is 335 g/mol. The molecule has 0 N–H and O–H groups in total. The van der Waals surface area contributed by atoms with Gasteiger partial charge in [-0.3, -0.25) is 9.69 Å². The molecule has 1 aliphatic rings. The van der Waals surface area contributed by atoms with E-state index in [1.165, 1.54) is 29.0 Å². The first-order chi connectivity index (χ1) is 12.1. The minimum Gasteiger partial charge on any atom is -0.339 e. The molecule has 132 valence electrons. The Balaban J connectivity index is 1.46. The number of piperazine rings is 1. The number of rotatable bonds is 5. The van der Waals surface area contributed by atoms with Crippen molar-refractivity contribution in [2.75, 3.05) is 31.9 Å². The van der Waals surface area contributed by atoms with Crippen LogP contribution in [0.4, 0.5) is 4.39 Å². The Labute approximate surface area is 152 Å². The van der Waals surface area contributed by atoms with Gasteiger partial charge in [0.1, 0.15) is 5.82 Å². The zero-order chi connectivity index (χ0) is 17.6. The van der Waals surface area contributed by atoms with Crippen molar-refractivity contribution in [1.82, 2.24) is 9.80 Å². The Hall–Kier alpha value is -1.85. The first-order valence-electron chi connectivity index (χ1n) is 8.55. The van der Waals surface area contributed by atoms with Gasteiger partial charge in [-0.1, -0.05) is 36.4 Å². The highest BCUT2D eigenvalue weighted by Crippen LogP contribution is 2.22. The van der Waals surface area contributed by atoms with Crippen molar-refractivity contribution in [2.24, 2.45) is 0 Å². The number of carbonyl (C=O) groups is 1. The van der Waals surface area contributed by atoms with Gasteiger partial charge < -0.3 is 4.90 Å². The van der Waals surface area contributed by atoms with Crippen molar-refractivity contribution in [2.45, 2.75) is 18.4 Å². The number of hydrogen-bond donors (Lipinski definition) is 0. The fourth-order valence-corrected chi connectivity index (χ4v) is 3.82. The summed E-state index contributed by atoms with van der Waals surface area (Å²) < 4.78 is 13.6. The summed E-state index contributed by atoms with van der Waals surface area (Å²) in [5, 5.41) is 0. The summed E-state index contributed by atoms with van der Waals surface area (Å²) in [6, 6.07) is 15.0. The van der Waals surface area contributed by atoms with Crippen molar-refractivity contribution >= 4 is 17.7 Å². The number of hydrogen-bond acceptors (Lipinski definition) is 3. The fraction of sp³-hybridized carbons (Fsp3) is 0.350. The Morgan fingerprint density at radius 2 is 1.72 bits per heavy atom. The van der Waals surface area contributed by atoms with Crippen LogP contribution in [0.3, 0.4) is 0 Å². The van der Waals surface area contributed by atoms with E-state index in [-0.39, 0.29) is 11.7 Å². The van der Waals surface area contributed by atoms with Crippen LogP contribution in [0.25, 0.3) is 0 Å². The van der Waals surface area contributed by atoms with Crippen LogP contribution in [-0.4, -0.2) is 47.6 Å². The molecule has 1 saturated heterocycles. The summed E-state index contributed by atoms with van der Waals surface area (Å²) in [7, 11) is 0. The van der Waals surface area contributed by atoms with Gasteiger partial charge in [0, 0.05) is 37.6 Å². The van der Waals surface area contributed by atoms with Crippen LogP contribution in [0, 0.1) is 12.7 Å². The van der Waals surface area contributed by atoms with Crippen LogP contribution < -0.4 is 0 Å². The summed E-state index contributed by atoms with van der Waals surface area (Å²) in [6.07, 6.45) is 0. The van der Waals surface area contributed by atoms with Gasteiger partial charge in [0.05, 0.1) is 5.75 Å². The number of nitrogens with zero attached hydrogens (tertiary/aromatic N) is 2. The lowest BCUT2D eigenvalue weighted by Crippen LogP contribution is -2.48. The molecule has 0 bridgehead atoms. The molecule has 3 rings (SSSR count). The monoisotopic (exact) mass is 358 g/mol. The molecule has 1 aliphatic heterocycles. The second kappa shape index (κ2) is 8.50. The second-order valence-electron chi connectivity index (χ2n) is 6.30. The van der Waals surface area contributed by atoms with Crippen molar-refractivity contribution in [1.29, 1.82) is 0 Å². The molecule has 0 aromatic heterocycles. The standard InChI is InChI=1S/C20H23FN2OS/c1-16-6-2-3-7-17(16)14-22-10-12-23(13-11-22)20(24)15-25-19-9-5-4-8-18(19)21/h2-9H,10-15H2,1H3. The highest BCUT2D eigenvalue weighted by atomic mass is 32.2. The van der Waals surface area contributed by atoms with Gasteiger partial charge in [-0.05, 0) is 30.2 Å². The predicted octanol–water partition coefficient (Wildman–Crippen LogP) is 3.57. The van der Waals surface area contributed by atoms with Gasteiger partial charge in [0.15, 0.2) is 0 Å². The lowest BCUT2D eigenvalue weighted by atomic mass is 10.1. The maximum atomic E-state index is 13.6. The summed E-state index contributed by atoms with van der Waals surface area (Å²) in [6.45, 7) is 6.30. The third-order valence-corrected chi connectivity index (χ3v) is 5.60. The SMILES string of the molecule is Cc1ccccc1CN1CCN(C(=O)CSc2ccccc2F)CC1. The molecule has 0 atom stereocenters. The van der Waals surface area contributed by atoms with E-state index in [1.807, 2.05) is 4.90 Å². The van der Waals surface area contributed by atoms with E-state index < -0.39 is 0 Å². The highest BCUT2D eigenvalue weighted by molar-refractivity contribution is 8.00. The Morgan fingerprint density at radius 3 is 2.44 bits per heavy atom. The summed E-state index contributed by atoms with van der Waals surface area (Å²) >= 11 is 1.27. The molecule has 1 fully saturated rings. The number of halogens is 1. The number of aryl methyl sites for hydroxylation is 1. The smallest absolute Gasteiger partial charge is 0.233 e. The minimum atomic E-state index is -0.261. The van der Waals surface area contributed by atoms with Gasteiger partial charge in [0.2, 0.25) is 5.91 Å². The van der Waals surface area contributed by atoms with Crippen LogP contribution >= 0.6 is 11.8 Å². The normalized spacial score (nSPS) is 15.4. The number of thioether (sulfide) groups is 1. The van der Waals surface area contributed by atoms with Crippen molar-refractivity contribution in [3.63, 3.8) is 0 Å². The first kappa shape index (κ1) is 18.0. The number of carbonyl (C=O) groups excluding carboxylic acids is 1.